The van der Waals surface area contributed by atoms with E-state index in [4.69, 9.17) is 14.7 Å². The van der Waals surface area contributed by atoms with Crippen LogP contribution in [0.15, 0.2) is 6.20 Å². The largest absolute Gasteiger partial charge is 0.496 e. The number of aromatic nitrogens is 1. The van der Waals surface area contributed by atoms with E-state index in [1.165, 1.54) is 0 Å². The smallest absolute Gasteiger partial charge is 0.156 e. The lowest BCUT2D eigenvalue weighted by Gasteiger charge is -2.29. The molecule has 2 rings (SSSR count). The Bertz CT molecular complexity index is 496. The van der Waals surface area contributed by atoms with Crippen LogP contribution in [0.2, 0.25) is 0 Å². The maximum atomic E-state index is 8.91. The van der Waals surface area contributed by atoms with Crippen LogP contribution in [0.1, 0.15) is 16.8 Å². The Labute approximate surface area is 113 Å². The summed E-state index contributed by atoms with van der Waals surface area (Å²) in [5, 5.41) is 8.91. The minimum atomic E-state index is -0.332. The van der Waals surface area contributed by atoms with Gasteiger partial charge in [0.1, 0.15) is 5.75 Å². The van der Waals surface area contributed by atoms with E-state index < -0.39 is 0 Å². The summed E-state index contributed by atoms with van der Waals surface area (Å²) in [4.78, 5) is 6.68. The topological polar surface area (TPSA) is 58.4 Å². The molecule has 19 heavy (non-hydrogen) atoms. The Balaban J connectivity index is 2.13. The molecule has 2 heterocycles. The van der Waals surface area contributed by atoms with Crippen molar-refractivity contribution in [2.45, 2.75) is 26.5 Å². The number of hydrogen-bond donors (Lipinski definition) is 0. The number of morpholine rings is 1. The molecule has 0 aliphatic carbocycles. The molecule has 1 aromatic heterocycles. The van der Waals surface area contributed by atoms with Gasteiger partial charge < -0.3 is 9.47 Å². The first-order valence-corrected chi connectivity index (χ1v) is 6.38. The molecular weight excluding hydrogens is 242 g/mol. The van der Waals surface area contributed by atoms with Crippen molar-refractivity contribution in [3.63, 3.8) is 0 Å². The number of aryl methyl sites for hydroxylation is 1. The molecule has 0 saturated carbocycles. The Morgan fingerprint density at radius 3 is 3.05 bits per heavy atom. The van der Waals surface area contributed by atoms with Gasteiger partial charge in [-0.3, -0.25) is 9.88 Å². The molecule has 102 valence electrons. The highest BCUT2D eigenvalue weighted by molar-refractivity contribution is 5.41. The molecule has 5 heteroatoms. The number of methoxy groups -OCH3 is 1. The first-order chi connectivity index (χ1) is 9.15. The van der Waals surface area contributed by atoms with E-state index in [0.717, 1.165) is 35.7 Å². The summed E-state index contributed by atoms with van der Waals surface area (Å²) in [6.45, 7) is 6.80. The molecule has 1 aromatic rings. The van der Waals surface area contributed by atoms with Crippen LogP contribution in [-0.2, 0) is 11.3 Å². The molecule has 1 atom stereocenters. The second kappa shape index (κ2) is 6.00. The van der Waals surface area contributed by atoms with E-state index in [-0.39, 0.29) is 6.10 Å². The molecule has 1 saturated heterocycles. The van der Waals surface area contributed by atoms with E-state index in [2.05, 4.69) is 16.0 Å². The van der Waals surface area contributed by atoms with Gasteiger partial charge in [0, 0.05) is 37.0 Å². The molecular formula is C14H19N3O2. The van der Waals surface area contributed by atoms with Gasteiger partial charge in [-0.1, -0.05) is 0 Å². The SMILES string of the molecule is COc1c(C)cnc(CN2CCOC(C#N)C2)c1C. The highest BCUT2D eigenvalue weighted by Gasteiger charge is 2.21. The zero-order valence-corrected chi connectivity index (χ0v) is 11.6. The van der Waals surface area contributed by atoms with Gasteiger partial charge in [-0.2, -0.15) is 5.26 Å². The Kier molecular flexibility index (Phi) is 4.35. The molecule has 0 radical (unpaired) electrons. The molecule has 0 spiro atoms. The van der Waals surface area contributed by atoms with Gasteiger partial charge in [0.15, 0.2) is 6.10 Å². The van der Waals surface area contributed by atoms with E-state index in [9.17, 15) is 0 Å². The van der Waals surface area contributed by atoms with Crippen molar-refractivity contribution >= 4 is 0 Å². The van der Waals surface area contributed by atoms with Crippen molar-refractivity contribution in [3.8, 4) is 11.8 Å². The zero-order valence-electron chi connectivity index (χ0n) is 11.6. The third-order valence-electron chi connectivity index (χ3n) is 3.42. The molecule has 1 fully saturated rings. The quantitative estimate of drug-likeness (QED) is 0.824. The van der Waals surface area contributed by atoms with Crippen molar-refractivity contribution in [2.24, 2.45) is 0 Å². The number of hydrogen-bond acceptors (Lipinski definition) is 5. The molecule has 0 bridgehead atoms. The summed E-state index contributed by atoms with van der Waals surface area (Å²) >= 11 is 0. The van der Waals surface area contributed by atoms with Gasteiger partial charge in [-0.15, -0.1) is 0 Å². The van der Waals surface area contributed by atoms with Crippen molar-refractivity contribution < 1.29 is 9.47 Å². The Morgan fingerprint density at radius 1 is 1.58 bits per heavy atom. The minimum Gasteiger partial charge on any atom is -0.496 e. The van der Waals surface area contributed by atoms with Crippen molar-refractivity contribution in [2.75, 3.05) is 26.8 Å². The molecule has 0 N–H and O–H groups in total. The van der Waals surface area contributed by atoms with Crippen molar-refractivity contribution in [1.29, 1.82) is 5.26 Å². The number of ether oxygens (including phenoxy) is 2. The number of nitriles is 1. The van der Waals surface area contributed by atoms with E-state index in [0.29, 0.717) is 13.2 Å². The van der Waals surface area contributed by atoms with Crippen LogP contribution < -0.4 is 4.74 Å². The van der Waals surface area contributed by atoms with Crippen LogP contribution >= 0.6 is 0 Å². The molecule has 1 aliphatic rings. The molecule has 0 aromatic carbocycles. The van der Waals surface area contributed by atoms with Gasteiger partial charge in [-0.25, -0.2) is 0 Å². The maximum absolute atomic E-state index is 8.91. The third-order valence-corrected chi connectivity index (χ3v) is 3.42. The van der Waals surface area contributed by atoms with E-state index >= 15 is 0 Å². The standard InChI is InChI=1S/C14H19N3O2/c1-10-7-16-13(11(2)14(10)18-3)9-17-4-5-19-12(6-15)8-17/h7,12H,4-5,8-9H2,1-3H3. The van der Waals surface area contributed by atoms with Crippen molar-refractivity contribution in [3.05, 3.63) is 23.0 Å². The Hall–Kier alpha value is -1.64. The summed E-state index contributed by atoms with van der Waals surface area (Å²) in [6.07, 6.45) is 1.50. The molecule has 0 amide bonds. The van der Waals surface area contributed by atoms with Crippen LogP contribution in [0.5, 0.6) is 5.75 Å². The van der Waals surface area contributed by atoms with E-state index in [1.807, 2.05) is 20.0 Å². The summed E-state index contributed by atoms with van der Waals surface area (Å²) in [5.74, 6) is 0.898. The normalized spacial score (nSPS) is 20.0. The fourth-order valence-corrected chi connectivity index (χ4v) is 2.37. The summed E-state index contributed by atoms with van der Waals surface area (Å²) in [5.41, 5.74) is 3.11. The second-order valence-corrected chi connectivity index (χ2v) is 4.77. The van der Waals surface area contributed by atoms with Gasteiger partial charge >= 0.3 is 0 Å². The van der Waals surface area contributed by atoms with E-state index in [1.54, 1.807) is 7.11 Å². The van der Waals surface area contributed by atoms with Gasteiger partial charge in [-0.05, 0) is 13.8 Å². The average Bonchev–Trinajstić information content (AvgIpc) is 2.43. The predicted octanol–water partition coefficient (Wildman–Crippen LogP) is 1.43. The van der Waals surface area contributed by atoms with Crippen molar-refractivity contribution in [1.82, 2.24) is 9.88 Å². The highest BCUT2D eigenvalue weighted by Crippen LogP contribution is 2.25. The summed E-state index contributed by atoms with van der Waals surface area (Å²) in [7, 11) is 1.68. The maximum Gasteiger partial charge on any atom is 0.156 e. The number of pyridine rings is 1. The summed E-state index contributed by atoms with van der Waals surface area (Å²) < 4.78 is 10.8. The monoisotopic (exact) mass is 261 g/mol. The highest BCUT2D eigenvalue weighted by atomic mass is 16.5. The lowest BCUT2D eigenvalue weighted by molar-refractivity contribution is -0.00321. The summed E-state index contributed by atoms with van der Waals surface area (Å²) in [6, 6.07) is 2.16. The van der Waals surface area contributed by atoms with Gasteiger partial charge in [0.05, 0.1) is 25.5 Å². The van der Waals surface area contributed by atoms with Gasteiger partial charge in [0.25, 0.3) is 0 Å². The second-order valence-electron chi connectivity index (χ2n) is 4.77. The fraction of sp³-hybridized carbons (Fsp3) is 0.571. The number of nitrogens with zero attached hydrogens (tertiary/aromatic N) is 3. The zero-order chi connectivity index (χ0) is 13.8. The lowest BCUT2D eigenvalue weighted by Crippen LogP contribution is -2.41. The van der Waals surface area contributed by atoms with Crippen LogP contribution in [0.25, 0.3) is 0 Å². The van der Waals surface area contributed by atoms with Crippen LogP contribution in [0, 0.1) is 25.2 Å². The molecule has 5 nitrogen and oxygen atoms in total. The van der Waals surface area contributed by atoms with Crippen LogP contribution in [0.3, 0.4) is 0 Å². The third kappa shape index (κ3) is 3.03. The first-order valence-electron chi connectivity index (χ1n) is 6.38. The number of rotatable bonds is 3. The van der Waals surface area contributed by atoms with Gasteiger partial charge in [0.2, 0.25) is 0 Å². The average molecular weight is 261 g/mol. The Morgan fingerprint density at radius 2 is 2.37 bits per heavy atom. The first kappa shape index (κ1) is 13.8. The predicted molar refractivity (Wildman–Crippen MR) is 70.9 cm³/mol. The molecule has 1 unspecified atom stereocenters. The van der Waals surface area contributed by atoms with Crippen LogP contribution in [-0.4, -0.2) is 42.8 Å². The lowest BCUT2D eigenvalue weighted by atomic mass is 10.1. The fourth-order valence-electron chi connectivity index (χ4n) is 2.37. The minimum absolute atomic E-state index is 0.332. The van der Waals surface area contributed by atoms with Crippen LogP contribution in [0.4, 0.5) is 0 Å². The molecule has 1 aliphatic heterocycles.